The summed E-state index contributed by atoms with van der Waals surface area (Å²) in [4.78, 5) is 2.32. The Kier molecular flexibility index (Phi) is 4.38. The van der Waals surface area contributed by atoms with Crippen LogP contribution in [0.15, 0.2) is 69.8 Å². The van der Waals surface area contributed by atoms with E-state index in [1.807, 2.05) is 12.1 Å². The van der Waals surface area contributed by atoms with Crippen molar-refractivity contribution >= 4 is 33.5 Å². The highest BCUT2D eigenvalue weighted by Crippen LogP contribution is 2.22. The zero-order chi connectivity index (χ0) is 18.1. The summed E-state index contributed by atoms with van der Waals surface area (Å²) in [7, 11) is -3.71. The standard InChI is InChI=1S/C20H16FNO2S2/c21-17-2-1-3-19(12-17)26(23,24)18-6-4-15(5-7-18)13-22-10-8-16-9-11-25-20(16)14-22/h1-9,11-12,14H,10,13H2. The predicted octanol–water partition coefficient (Wildman–Crippen LogP) is 2.75. The molecule has 1 aliphatic rings. The zero-order valence-electron chi connectivity index (χ0n) is 13.8. The summed E-state index contributed by atoms with van der Waals surface area (Å²) in [5.74, 6) is -0.562. The van der Waals surface area contributed by atoms with Crippen LogP contribution in [-0.4, -0.2) is 19.9 Å². The Labute approximate surface area is 155 Å². The molecule has 3 nitrogen and oxygen atoms in total. The molecular weight excluding hydrogens is 369 g/mol. The maximum Gasteiger partial charge on any atom is 0.206 e. The molecule has 0 spiro atoms. The highest BCUT2D eigenvalue weighted by Gasteiger charge is 2.18. The van der Waals surface area contributed by atoms with Gasteiger partial charge in [0.15, 0.2) is 0 Å². The average molecular weight is 385 g/mol. The van der Waals surface area contributed by atoms with Gasteiger partial charge in [-0.3, -0.25) is 0 Å². The molecule has 0 N–H and O–H groups in total. The van der Waals surface area contributed by atoms with Crippen molar-refractivity contribution in [1.82, 2.24) is 4.90 Å². The molecule has 3 aromatic rings. The minimum Gasteiger partial charge on any atom is -0.368 e. The Morgan fingerprint density at radius 1 is 1.04 bits per heavy atom. The van der Waals surface area contributed by atoms with Gasteiger partial charge in [-0.2, -0.15) is 0 Å². The third-order valence-corrected chi connectivity index (χ3v) is 6.93. The van der Waals surface area contributed by atoms with E-state index < -0.39 is 15.7 Å². The summed E-state index contributed by atoms with van der Waals surface area (Å²) in [6, 6.07) is 14.0. The van der Waals surface area contributed by atoms with Crippen molar-refractivity contribution in [2.45, 2.75) is 16.3 Å². The van der Waals surface area contributed by atoms with Crippen LogP contribution in [0.2, 0.25) is 0 Å². The lowest BCUT2D eigenvalue weighted by atomic mass is 10.2. The van der Waals surface area contributed by atoms with Gasteiger partial charge in [-0.05, 0) is 52.6 Å². The third kappa shape index (κ3) is 3.30. The van der Waals surface area contributed by atoms with Crippen molar-refractivity contribution in [2.24, 2.45) is 0 Å². The number of sulfone groups is 1. The normalized spacial score (nSPS) is 13.7. The average Bonchev–Trinajstić information content (AvgIpc) is 3.10. The zero-order valence-corrected chi connectivity index (χ0v) is 15.4. The fourth-order valence-corrected chi connectivity index (χ4v) is 5.08. The van der Waals surface area contributed by atoms with Gasteiger partial charge in [0.2, 0.25) is 9.84 Å². The Hall–Kier alpha value is -2.44. The molecule has 1 aromatic heterocycles. The van der Waals surface area contributed by atoms with Gasteiger partial charge >= 0.3 is 0 Å². The van der Waals surface area contributed by atoms with Crippen LogP contribution in [0.1, 0.15) is 5.56 Å². The van der Waals surface area contributed by atoms with Crippen molar-refractivity contribution in [3.63, 3.8) is 0 Å². The fraction of sp³-hybridized carbons (Fsp3) is 0.100. The Bertz CT molecular complexity index is 1170. The molecule has 0 atom stereocenters. The molecule has 0 saturated carbocycles. The predicted molar refractivity (Wildman–Crippen MR) is 101 cm³/mol. The second-order valence-corrected chi connectivity index (χ2v) is 9.00. The monoisotopic (exact) mass is 385 g/mol. The molecule has 0 bridgehead atoms. The van der Waals surface area contributed by atoms with Crippen molar-refractivity contribution in [3.05, 3.63) is 81.1 Å². The smallest absolute Gasteiger partial charge is 0.206 e. The molecule has 1 aliphatic heterocycles. The van der Waals surface area contributed by atoms with E-state index in [4.69, 9.17) is 0 Å². The molecule has 2 aromatic carbocycles. The topological polar surface area (TPSA) is 37.4 Å². The molecule has 0 saturated heterocycles. The lowest BCUT2D eigenvalue weighted by molar-refractivity contribution is 0.455. The first-order chi connectivity index (χ1) is 12.5. The molecule has 0 aliphatic carbocycles. The molecule has 6 heteroatoms. The Morgan fingerprint density at radius 3 is 2.62 bits per heavy atom. The number of thiophene rings is 1. The van der Waals surface area contributed by atoms with E-state index in [0.29, 0.717) is 6.54 Å². The van der Waals surface area contributed by atoms with E-state index in [2.05, 4.69) is 28.6 Å². The van der Waals surface area contributed by atoms with E-state index in [1.54, 1.807) is 23.5 Å². The van der Waals surface area contributed by atoms with Crippen LogP contribution in [0.4, 0.5) is 4.39 Å². The van der Waals surface area contributed by atoms with Gasteiger partial charge in [0.05, 0.1) is 9.79 Å². The molecular formula is C20H16FNO2S2. The van der Waals surface area contributed by atoms with Gasteiger partial charge < -0.3 is 4.90 Å². The van der Waals surface area contributed by atoms with Crippen molar-refractivity contribution < 1.29 is 12.8 Å². The van der Waals surface area contributed by atoms with Gasteiger partial charge in [0.1, 0.15) is 5.82 Å². The number of rotatable bonds is 4. The van der Waals surface area contributed by atoms with E-state index in [9.17, 15) is 12.8 Å². The van der Waals surface area contributed by atoms with E-state index in [1.165, 1.54) is 28.0 Å². The summed E-state index contributed by atoms with van der Waals surface area (Å²) in [5.41, 5.74) is 1.02. The first-order valence-electron chi connectivity index (χ1n) is 8.11. The summed E-state index contributed by atoms with van der Waals surface area (Å²) < 4.78 is 39.8. The minimum atomic E-state index is -3.71. The lowest BCUT2D eigenvalue weighted by Gasteiger charge is -2.20. The third-order valence-electron chi connectivity index (χ3n) is 4.30. The van der Waals surface area contributed by atoms with Gasteiger partial charge in [-0.15, -0.1) is 11.3 Å². The number of halogens is 1. The summed E-state index contributed by atoms with van der Waals surface area (Å²) in [5, 5.41) is 3.34. The van der Waals surface area contributed by atoms with Crippen LogP contribution in [0.5, 0.6) is 0 Å². The highest BCUT2D eigenvalue weighted by atomic mass is 32.2. The van der Waals surface area contributed by atoms with Crippen molar-refractivity contribution in [1.29, 1.82) is 0 Å². The SMILES string of the molecule is O=S(=O)(c1ccc(CN2C=c3sccc3=CC2)cc1)c1cccc(F)c1. The van der Waals surface area contributed by atoms with Crippen molar-refractivity contribution in [3.8, 4) is 0 Å². The van der Waals surface area contributed by atoms with E-state index >= 15 is 0 Å². The van der Waals surface area contributed by atoms with E-state index in [0.717, 1.165) is 18.2 Å². The number of fused-ring (bicyclic) bond motifs is 1. The number of hydrogen-bond donors (Lipinski definition) is 0. The molecule has 0 fully saturated rings. The Balaban J connectivity index is 1.55. The molecule has 26 heavy (non-hydrogen) atoms. The molecule has 0 unspecified atom stereocenters. The lowest BCUT2D eigenvalue weighted by Crippen LogP contribution is -2.31. The van der Waals surface area contributed by atoms with Crippen LogP contribution in [0.3, 0.4) is 0 Å². The van der Waals surface area contributed by atoms with E-state index in [-0.39, 0.29) is 9.79 Å². The molecule has 2 heterocycles. The van der Waals surface area contributed by atoms with Gasteiger partial charge in [-0.1, -0.05) is 24.3 Å². The largest absolute Gasteiger partial charge is 0.368 e. The molecule has 0 amide bonds. The maximum atomic E-state index is 13.3. The summed E-state index contributed by atoms with van der Waals surface area (Å²) >= 11 is 1.71. The quantitative estimate of drug-likeness (QED) is 0.693. The van der Waals surface area contributed by atoms with Crippen LogP contribution in [0, 0.1) is 5.82 Å². The minimum absolute atomic E-state index is 0.0329. The maximum absolute atomic E-state index is 13.3. The van der Waals surface area contributed by atoms with Crippen LogP contribution in [0.25, 0.3) is 12.3 Å². The first kappa shape index (κ1) is 17.0. The first-order valence-corrected chi connectivity index (χ1v) is 10.5. The molecule has 132 valence electrons. The van der Waals surface area contributed by atoms with Gasteiger partial charge in [-0.25, -0.2) is 12.8 Å². The van der Waals surface area contributed by atoms with Crippen molar-refractivity contribution in [2.75, 3.05) is 6.54 Å². The summed E-state index contributed by atoms with van der Waals surface area (Å²) in [6.45, 7) is 1.53. The van der Waals surface area contributed by atoms with Gasteiger partial charge in [0, 0.05) is 23.8 Å². The van der Waals surface area contributed by atoms with Crippen LogP contribution in [-0.2, 0) is 16.4 Å². The van der Waals surface area contributed by atoms with Gasteiger partial charge in [0.25, 0.3) is 0 Å². The number of benzene rings is 2. The second-order valence-electron chi connectivity index (χ2n) is 6.11. The highest BCUT2D eigenvalue weighted by molar-refractivity contribution is 7.91. The summed E-state index contributed by atoms with van der Waals surface area (Å²) in [6.07, 6.45) is 4.33. The van der Waals surface area contributed by atoms with Crippen LogP contribution >= 0.6 is 11.3 Å². The molecule has 0 radical (unpaired) electrons. The Morgan fingerprint density at radius 2 is 1.85 bits per heavy atom. The second kappa shape index (κ2) is 6.70. The molecule has 4 rings (SSSR count). The number of nitrogens with zero attached hydrogens (tertiary/aromatic N) is 1. The fourth-order valence-electron chi connectivity index (χ4n) is 2.93. The van der Waals surface area contributed by atoms with Crippen LogP contribution < -0.4 is 9.75 Å². The number of hydrogen-bond acceptors (Lipinski definition) is 4.